The predicted molar refractivity (Wildman–Crippen MR) is 55.5 cm³/mol. The van der Waals surface area contributed by atoms with Crippen molar-refractivity contribution in [2.75, 3.05) is 0 Å². The van der Waals surface area contributed by atoms with Crippen molar-refractivity contribution in [3.8, 4) is 11.8 Å². The molecule has 0 aliphatic rings. The van der Waals surface area contributed by atoms with Crippen molar-refractivity contribution in [1.29, 1.82) is 5.26 Å². The zero-order valence-corrected chi connectivity index (χ0v) is 8.19. The van der Waals surface area contributed by atoms with E-state index in [1.807, 2.05) is 12.1 Å². The average molecular weight is 207 g/mol. The van der Waals surface area contributed by atoms with E-state index in [0.717, 1.165) is 14.3 Å². The van der Waals surface area contributed by atoms with Gasteiger partial charge in [-0.2, -0.15) is 5.26 Å². The SMILES string of the molecule is N#Cc1c(O)ccc2cc(S)sc12. The number of thiophene rings is 1. The van der Waals surface area contributed by atoms with E-state index in [4.69, 9.17) is 5.26 Å². The third kappa shape index (κ3) is 1.26. The molecular formula is C9H5NOS2. The molecule has 0 saturated carbocycles. The Balaban J connectivity index is 2.93. The topological polar surface area (TPSA) is 44.0 Å². The summed E-state index contributed by atoms with van der Waals surface area (Å²) < 4.78 is 1.64. The zero-order chi connectivity index (χ0) is 9.42. The molecule has 0 fully saturated rings. The van der Waals surface area contributed by atoms with Crippen LogP contribution in [0.25, 0.3) is 10.1 Å². The van der Waals surface area contributed by atoms with Crippen molar-refractivity contribution < 1.29 is 5.11 Å². The number of aromatic hydroxyl groups is 1. The van der Waals surface area contributed by atoms with Gasteiger partial charge in [-0.25, -0.2) is 0 Å². The highest BCUT2D eigenvalue weighted by molar-refractivity contribution is 7.83. The second kappa shape index (κ2) is 2.95. The summed E-state index contributed by atoms with van der Waals surface area (Å²) in [5, 5.41) is 19.1. The van der Waals surface area contributed by atoms with Crippen LogP contribution in [0.15, 0.2) is 22.4 Å². The van der Waals surface area contributed by atoms with Crippen LogP contribution in [0.1, 0.15) is 5.56 Å². The predicted octanol–water partition coefficient (Wildman–Crippen LogP) is 2.77. The number of phenols is 1. The number of phenolic OH excluding ortho intramolecular Hbond substituents is 1. The van der Waals surface area contributed by atoms with Crippen molar-refractivity contribution in [1.82, 2.24) is 0 Å². The van der Waals surface area contributed by atoms with Gasteiger partial charge in [-0.1, -0.05) is 0 Å². The summed E-state index contributed by atoms with van der Waals surface area (Å²) in [6.07, 6.45) is 0. The highest BCUT2D eigenvalue weighted by Gasteiger charge is 2.08. The molecule has 0 spiro atoms. The Labute approximate surface area is 84.5 Å². The monoisotopic (exact) mass is 207 g/mol. The minimum absolute atomic E-state index is 0.0326. The highest BCUT2D eigenvalue weighted by atomic mass is 32.2. The molecule has 0 aliphatic carbocycles. The molecular weight excluding hydrogens is 202 g/mol. The van der Waals surface area contributed by atoms with E-state index < -0.39 is 0 Å². The van der Waals surface area contributed by atoms with Crippen LogP contribution in [-0.2, 0) is 0 Å². The van der Waals surface area contributed by atoms with Gasteiger partial charge in [0.25, 0.3) is 0 Å². The maximum absolute atomic E-state index is 9.38. The van der Waals surface area contributed by atoms with Gasteiger partial charge in [-0.3, -0.25) is 0 Å². The van der Waals surface area contributed by atoms with Gasteiger partial charge < -0.3 is 5.11 Å². The van der Waals surface area contributed by atoms with Gasteiger partial charge in [0.05, 0.1) is 8.91 Å². The molecule has 13 heavy (non-hydrogen) atoms. The summed E-state index contributed by atoms with van der Waals surface area (Å²) in [6.45, 7) is 0. The molecule has 1 N–H and O–H groups in total. The fourth-order valence-electron chi connectivity index (χ4n) is 1.19. The maximum Gasteiger partial charge on any atom is 0.134 e. The van der Waals surface area contributed by atoms with E-state index in [0.29, 0.717) is 5.56 Å². The number of thiol groups is 1. The van der Waals surface area contributed by atoms with Gasteiger partial charge >= 0.3 is 0 Å². The average Bonchev–Trinajstić information content (AvgIpc) is 2.45. The molecule has 1 heterocycles. The molecule has 0 aliphatic heterocycles. The lowest BCUT2D eigenvalue weighted by molar-refractivity contribution is 0.474. The van der Waals surface area contributed by atoms with Gasteiger partial charge in [-0.15, -0.1) is 24.0 Å². The molecule has 64 valence electrons. The molecule has 0 amide bonds. The number of rotatable bonds is 0. The first-order chi connectivity index (χ1) is 6.22. The molecule has 0 bridgehead atoms. The van der Waals surface area contributed by atoms with Gasteiger partial charge in [-0.05, 0) is 23.6 Å². The van der Waals surface area contributed by atoms with E-state index in [9.17, 15) is 5.11 Å². The zero-order valence-electron chi connectivity index (χ0n) is 6.48. The summed E-state index contributed by atoms with van der Waals surface area (Å²) in [7, 11) is 0. The molecule has 2 aromatic rings. The van der Waals surface area contributed by atoms with Crippen molar-refractivity contribution >= 4 is 34.1 Å². The van der Waals surface area contributed by atoms with E-state index in [-0.39, 0.29) is 5.75 Å². The normalized spacial score (nSPS) is 10.2. The minimum atomic E-state index is 0.0326. The second-order valence-electron chi connectivity index (χ2n) is 2.57. The van der Waals surface area contributed by atoms with Crippen molar-refractivity contribution in [2.24, 2.45) is 0 Å². The van der Waals surface area contributed by atoms with Crippen LogP contribution in [0.4, 0.5) is 0 Å². The quantitative estimate of drug-likeness (QED) is 0.652. The first-order valence-electron chi connectivity index (χ1n) is 3.57. The Morgan fingerprint density at radius 2 is 2.23 bits per heavy atom. The first-order valence-corrected chi connectivity index (χ1v) is 4.83. The van der Waals surface area contributed by atoms with E-state index in [1.54, 1.807) is 6.07 Å². The number of hydrogen-bond acceptors (Lipinski definition) is 4. The molecule has 1 aromatic carbocycles. The molecule has 4 heteroatoms. The Bertz CT molecular complexity index is 510. The molecule has 2 rings (SSSR count). The van der Waals surface area contributed by atoms with E-state index in [2.05, 4.69) is 12.6 Å². The second-order valence-corrected chi connectivity index (χ2v) is 4.41. The van der Waals surface area contributed by atoms with Crippen molar-refractivity contribution in [3.63, 3.8) is 0 Å². The number of fused-ring (bicyclic) bond motifs is 1. The van der Waals surface area contributed by atoms with Gasteiger partial charge in [0, 0.05) is 0 Å². The minimum Gasteiger partial charge on any atom is -0.507 e. The summed E-state index contributed by atoms with van der Waals surface area (Å²) in [5.74, 6) is 0.0326. The van der Waals surface area contributed by atoms with Crippen molar-refractivity contribution in [2.45, 2.75) is 4.21 Å². The fraction of sp³-hybridized carbons (Fsp3) is 0. The van der Waals surface area contributed by atoms with Crippen LogP contribution >= 0.6 is 24.0 Å². The molecule has 0 saturated heterocycles. The lowest BCUT2D eigenvalue weighted by Gasteiger charge is -1.95. The van der Waals surface area contributed by atoms with Gasteiger partial charge in [0.2, 0.25) is 0 Å². The molecule has 0 atom stereocenters. The number of nitriles is 1. The van der Waals surface area contributed by atoms with E-state index >= 15 is 0 Å². The smallest absolute Gasteiger partial charge is 0.134 e. The number of hydrogen-bond donors (Lipinski definition) is 2. The first kappa shape index (κ1) is 8.42. The number of benzene rings is 1. The summed E-state index contributed by atoms with van der Waals surface area (Å²) >= 11 is 5.59. The standard InChI is InChI=1S/C9H5NOS2/c10-4-6-7(11)2-1-5-3-8(12)13-9(5)6/h1-3,11-12H. The van der Waals surface area contributed by atoms with Gasteiger partial charge in [0.1, 0.15) is 17.4 Å². The molecule has 1 aromatic heterocycles. The summed E-state index contributed by atoms with van der Waals surface area (Å²) in [6, 6.07) is 7.16. The Morgan fingerprint density at radius 1 is 1.46 bits per heavy atom. The Morgan fingerprint density at radius 3 is 2.92 bits per heavy atom. The summed E-state index contributed by atoms with van der Waals surface area (Å²) in [5.41, 5.74) is 0.336. The van der Waals surface area contributed by atoms with Crippen LogP contribution in [-0.4, -0.2) is 5.11 Å². The van der Waals surface area contributed by atoms with Crippen LogP contribution < -0.4 is 0 Å². The van der Waals surface area contributed by atoms with Crippen LogP contribution in [0.2, 0.25) is 0 Å². The van der Waals surface area contributed by atoms with Gasteiger partial charge in [0.15, 0.2) is 0 Å². The summed E-state index contributed by atoms with van der Waals surface area (Å²) in [4.78, 5) is 0. The fourth-order valence-corrected chi connectivity index (χ4v) is 2.49. The molecule has 0 radical (unpaired) electrons. The van der Waals surface area contributed by atoms with Crippen LogP contribution in [0.3, 0.4) is 0 Å². The maximum atomic E-state index is 9.38. The molecule has 0 unspecified atom stereocenters. The number of nitrogens with zero attached hydrogens (tertiary/aromatic N) is 1. The lowest BCUT2D eigenvalue weighted by atomic mass is 10.1. The lowest BCUT2D eigenvalue weighted by Crippen LogP contribution is -1.75. The largest absolute Gasteiger partial charge is 0.507 e. The van der Waals surface area contributed by atoms with E-state index in [1.165, 1.54) is 17.4 Å². The molecule has 2 nitrogen and oxygen atoms in total. The van der Waals surface area contributed by atoms with Crippen LogP contribution in [0.5, 0.6) is 5.75 Å². The highest BCUT2D eigenvalue weighted by Crippen LogP contribution is 2.34. The Kier molecular flexibility index (Phi) is 1.91. The third-order valence-corrected chi connectivity index (χ3v) is 3.14. The Hall–Kier alpha value is -1.18. The van der Waals surface area contributed by atoms with Crippen molar-refractivity contribution in [3.05, 3.63) is 23.8 Å². The van der Waals surface area contributed by atoms with Crippen LogP contribution in [0, 0.1) is 11.3 Å². The third-order valence-electron chi connectivity index (χ3n) is 1.76.